The van der Waals surface area contributed by atoms with E-state index in [0.29, 0.717) is 11.8 Å². The van der Waals surface area contributed by atoms with Gasteiger partial charge in [-0.3, -0.25) is 4.79 Å². The molecule has 146 valence electrons. The highest BCUT2D eigenvalue weighted by molar-refractivity contribution is 5.89. The van der Waals surface area contributed by atoms with Crippen LogP contribution < -0.4 is 4.74 Å². The Bertz CT molecular complexity index is 854. The Balaban J connectivity index is 2.63. The van der Waals surface area contributed by atoms with Crippen LogP contribution in [0.25, 0.3) is 0 Å². The molecule has 2 aromatic rings. The number of aldehydes is 1. The van der Waals surface area contributed by atoms with Crippen molar-refractivity contribution in [2.75, 3.05) is 6.61 Å². The smallest absolute Gasteiger partial charge is 0.359 e. The maximum Gasteiger partial charge on any atom is 0.359 e. The molecule has 6 nitrogen and oxygen atoms in total. The molecule has 1 aromatic carbocycles. The molecular formula is C19H22F2N2O4. The van der Waals surface area contributed by atoms with Gasteiger partial charge in [0.1, 0.15) is 5.75 Å². The van der Waals surface area contributed by atoms with E-state index < -0.39 is 23.5 Å². The summed E-state index contributed by atoms with van der Waals surface area (Å²) in [6.45, 7) is 8.94. The first-order valence-corrected chi connectivity index (χ1v) is 8.43. The van der Waals surface area contributed by atoms with E-state index in [1.807, 2.05) is 20.8 Å². The third kappa shape index (κ3) is 4.15. The highest BCUT2D eigenvalue weighted by Gasteiger charge is 2.29. The van der Waals surface area contributed by atoms with Gasteiger partial charge < -0.3 is 9.47 Å². The zero-order valence-corrected chi connectivity index (χ0v) is 15.9. The maximum atomic E-state index is 13.5. The second-order valence-electron chi connectivity index (χ2n) is 6.86. The molecular weight excluding hydrogens is 358 g/mol. The van der Waals surface area contributed by atoms with E-state index in [1.54, 1.807) is 13.8 Å². The molecule has 8 heteroatoms. The average molecular weight is 380 g/mol. The number of benzene rings is 1. The van der Waals surface area contributed by atoms with E-state index in [0.717, 1.165) is 0 Å². The lowest BCUT2D eigenvalue weighted by Gasteiger charge is -2.23. The first kappa shape index (κ1) is 20.5. The van der Waals surface area contributed by atoms with Crippen LogP contribution in [0.2, 0.25) is 0 Å². The normalized spacial score (nSPS) is 11.6. The third-order valence-electron chi connectivity index (χ3n) is 3.82. The van der Waals surface area contributed by atoms with Crippen molar-refractivity contribution < 1.29 is 27.8 Å². The zero-order chi connectivity index (χ0) is 20.4. The van der Waals surface area contributed by atoms with Crippen molar-refractivity contribution in [2.45, 2.75) is 46.6 Å². The second-order valence-corrected chi connectivity index (χ2v) is 6.86. The van der Waals surface area contributed by atoms with E-state index in [-0.39, 0.29) is 29.5 Å². The van der Waals surface area contributed by atoms with Crippen LogP contribution in [-0.4, -0.2) is 28.6 Å². The van der Waals surface area contributed by atoms with Crippen LogP contribution in [0, 0.1) is 6.92 Å². The molecule has 0 fully saturated rings. The van der Waals surface area contributed by atoms with E-state index in [4.69, 9.17) is 9.47 Å². The van der Waals surface area contributed by atoms with Crippen LogP contribution >= 0.6 is 0 Å². The Morgan fingerprint density at radius 3 is 2.52 bits per heavy atom. The number of hydrogen-bond acceptors (Lipinski definition) is 5. The first-order chi connectivity index (χ1) is 12.6. The van der Waals surface area contributed by atoms with Gasteiger partial charge in [-0.15, -0.1) is 0 Å². The quantitative estimate of drug-likeness (QED) is 0.538. The van der Waals surface area contributed by atoms with Crippen LogP contribution in [0.1, 0.15) is 66.1 Å². The van der Waals surface area contributed by atoms with Gasteiger partial charge in [-0.1, -0.05) is 12.1 Å². The van der Waals surface area contributed by atoms with Gasteiger partial charge in [-0.2, -0.15) is 5.10 Å². The van der Waals surface area contributed by atoms with Crippen LogP contribution in [0.3, 0.4) is 0 Å². The molecule has 1 aromatic heterocycles. The minimum Gasteiger partial charge on any atom is -0.461 e. The van der Waals surface area contributed by atoms with Crippen LogP contribution in [0.5, 0.6) is 11.6 Å². The second kappa shape index (κ2) is 7.85. The van der Waals surface area contributed by atoms with Crippen molar-refractivity contribution in [3.05, 3.63) is 40.6 Å². The number of halogens is 2. The van der Waals surface area contributed by atoms with Gasteiger partial charge >= 0.3 is 5.97 Å². The Labute approximate surface area is 156 Å². The van der Waals surface area contributed by atoms with Gasteiger partial charge in [-0.05, 0) is 40.7 Å². The lowest BCUT2D eigenvalue weighted by molar-refractivity contribution is 0.0516. The van der Waals surface area contributed by atoms with Crippen molar-refractivity contribution in [1.82, 2.24) is 9.78 Å². The summed E-state index contributed by atoms with van der Waals surface area (Å²) < 4.78 is 39.2. The van der Waals surface area contributed by atoms with Crippen molar-refractivity contribution in [3.8, 4) is 11.6 Å². The summed E-state index contributed by atoms with van der Waals surface area (Å²) in [7, 11) is 0. The van der Waals surface area contributed by atoms with E-state index in [1.165, 1.54) is 22.9 Å². The van der Waals surface area contributed by atoms with Gasteiger partial charge in [0.05, 0.1) is 17.7 Å². The topological polar surface area (TPSA) is 70.4 Å². The van der Waals surface area contributed by atoms with Crippen LogP contribution in [0.15, 0.2) is 18.2 Å². The standard InChI is InChI=1S/C19H22F2N2O4/c1-6-26-18(25)15-11(2)17(23(22-15)19(3,4)5)27-13-9-7-8-12(10-24)14(13)16(20)21/h7-10,16H,6H2,1-5H3. The van der Waals surface area contributed by atoms with Gasteiger partial charge in [0, 0.05) is 11.1 Å². The maximum absolute atomic E-state index is 13.5. The zero-order valence-electron chi connectivity index (χ0n) is 15.9. The van der Waals surface area contributed by atoms with E-state index in [9.17, 15) is 18.4 Å². The van der Waals surface area contributed by atoms with E-state index in [2.05, 4.69) is 5.10 Å². The summed E-state index contributed by atoms with van der Waals surface area (Å²) in [5.41, 5.74) is -0.858. The molecule has 0 saturated carbocycles. The molecule has 0 aliphatic heterocycles. The minimum absolute atomic E-state index is 0.0481. The minimum atomic E-state index is -2.91. The van der Waals surface area contributed by atoms with Crippen LogP contribution in [-0.2, 0) is 10.3 Å². The molecule has 0 saturated heterocycles. The Hall–Kier alpha value is -2.77. The van der Waals surface area contributed by atoms with Crippen molar-refractivity contribution in [2.24, 2.45) is 0 Å². The molecule has 0 amide bonds. The molecule has 0 atom stereocenters. The molecule has 0 N–H and O–H groups in total. The Morgan fingerprint density at radius 1 is 1.33 bits per heavy atom. The number of alkyl halides is 2. The molecule has 2 rings (SSSR count). The monoisotopic (exact) mass is 380 g/mol. The van der Waals surface area contributed by atoms with Crippen molar-refractivity contribution in [1.29, 1.82) is 0 Å². The molecule has 27 heavy (non-hydrogen) atoms. The number of esters is 1. The highest BCUT2D eigenvalue weighted by atomic mass is 19.3. The summed E-state index contributed by atoms with van der Waals surface area (Å²) in [5.74, 6) is -0.660. The predicted octanol–water partition coefficient (Wildman–Crippen LogP) is 4.67. The highest BCUT2D eigenvalue weighted by Crippen LogP contribution is 2.38. The largest absolute Gasteiger partial charge is 0.461 e. The summed E-state index contributed by atoms with van der Waals surface area (Å²) in [4.78, 5) is 23.3. The molecule has 0 spiro atoms. The SMILES string of the molecule is CCOC(=O)c1nn(C(C)(C)C)c(Oc2cccc(C=O)c2C(F)F)c1C. The van der Waals surface area contributed by atoms with Gasteiger partial charge in [0.15, 0.2) is 12.0 Å². The van der Waals surface area contributed by atoms with Crippen LogP contribution in [0.4, 0.5) is 8.78 Å². The summed E-state index contributed by atoms with van der Waals surface area (Å²) in [5, 5.41) is 4.27. The average Bonchev–Trinajstić information content (AvgIpc) is 2.91. The number of hydrogen-bond donors (Lipinski definition) is 0. The Kier molecular flexibility index (Phi) is 5.98. The fourth-order valence-corrected chi connectivity index (χ4v) is 2.54. The number of rotatable bonds is 6. The summed E-state index contributed by atoms with van der Waals surface area (Å²) in [6.07, 6.45) is -2.55. The van der Waals surface area contributed by atoms with E-state index >= 15 is 0 Å². The lowest BCUT2D eigenvalue weighted by Crippen LogP contribution is -2.24. The lowest BCUT2D eigenvalue weighted by atomic mass is 10.1. The number of nitrogens with zero attached hydrogens (tertiary/aromatic N) is 2. The number of aromatic nitrogens is 2. The summed E-state index contributed by atoms with van der Waals surface area (Å²) in [6, 6.07) is 4.08. The van der Waals surface area contributed by atoms with Gasteiger partial charge in [-0.25, -0.2) is 18.3 Å². The Morgan fingerprint density at radius 2 is 2.00 bits per heavy atom. The predicted molar refractivity (Wildman–Crippen MR) is 94.8 cm³/mol. The van der Waals surface area contributed by atoms with Gasteiger partial charge in [0.25, 0.3) is 6.43 Å². The summed E-state index contributed by atoms with van der Waals surface area (Å²) >= 11 is 0. The van der Waals surface area contributed by atoms with Crippen molar-refractivity contribution >= 4 is 12.3 Å². The molecule has 0 radical (unpaired) electrons. The number of ether oxygens (including phenoxy) is 2. The van der Waals surface area contributed by atoms with Gasteiger partial charge in [0.2, 0.25) is 5.88 Å². The molecule has 0 unspecified atom stereocenters. The number of carbonyl (C=O) groups excluding carboxylic acids is 2. The fraction of sp³-hybridized carbons (Fsp3) is 0.421. The van der Waals surface area contributed by atoms with Crippen molar-refractivity contribution in [3.63, 3.8) is 0 Å². The fourth-order valence-electron chi connectivity index (χ4n) is 2.54. The first-order valence-electron chi connectivity index (χ1n) is 8.43. The third-order valence-corrected chi connectivity index (χ3v) is 3.82. The number of carbonyl (C=O) groups is 2. The molecule has 1 heterocycles. The molecule has 0 bridgehead atoms. The molecule has 0 aliphatic carbocycles. The molecule has 0 aliphatic rings.